The van der Waals surface area contributed by atoms with Gasteiger partial charge >= 0.3 is 0 Å². The quantitative estimate of drug-likeness (QED) is 0.473. The zero-order valence-corrected chi connectivity index (χ0v) is 18.5. The summed E-state index contributed by atoms with van der Waals surface area (Å²) >= 11 is 1.37. The zero-order chi connectivity index (χ0) is 22.0. The van der Waals surface area contributed by atoms with E-state index in [2.05, 4.69) is 15.3 Å². The average molecular weight is 433 g/mol. The number of thiophene rings is 1. The Morgan fingerprint density at radius 1 is 1.16 bits per heavy atom. The predicted molar refractivity (Wildman–Crippen MR) is 125 cm³/mol. The van der Waals surface area contributed by atoms with E-state index in [1.165, 1.54) is 11.3 Å². The number of hydrogen-bond acceptors (Lipinski definition) is 5. The van der Waals surface area contributed by atoms with Gasteiger partial charge in [-0.15, -0.1) is 11.3 Å². The number of aromatic nitrogens is 2. The van der Waals surface area contributed by atoms with Crippen molar-refractivity contribution in [2.45, 2.75) is 26.4 Å². The Morgan fingerprint density at radius 2 is 1.94 bits per heavy atom. The summed E-state index contributed by atoms with van der Waals surface area (Å²) in [7, 11) is 1.86. The number of aromatic amines is 1. The Hall–Kier alpha value is -3.29. The highest BCUT2D eigenvalue weighted by molar-refractivity contribution is 7.17. The smallest absolute Gasteiger partial charge is 0.268 e. The molecule has 1 atom stereocenters. The summed E-state index contributed by atoms with van der Waals surface area (Å²) in [6.45, 7) is 4.29. The molecule has 0 spiro atoms. The Morgan fingerprint density at radius 3 is 2.71 bits per heavy atom. The Bertz CT molecular complexity index is 1280. The second-order valence-electron chi connectivity index (χ2n) is 7.68. The van der Waals surface area contributed by atoms with Crippen molar-refractivity contribution in [3.05, 3.63) is 92.8 Å². The number of likely N-dealkylation sites (N-methyl/N-ethyl adjacent to an activating group) is 1. The van der Waals surface area contributed by atoms with Crippen molar-refractivity contribution in [3.8, 4) is 0 Å². The number of H-pyrrole nitrogens is 1. The molecule has 158 valence electrons. The highest BCUT2D eigenvalue weighted by atomic mass is 32.1. The zero-order valence-electron chi connectivity index (χ0n) is 17.7. The third-order valence-electron chi connectivity index (χ3n) is 5.22. The average Bonchev–Trinajstić information content (AvgIpc) is 3.21. The summed E-state index contributed by atoms with van der Waals surface area (Å²) in [6, 6.07) is 16.9. The van der Waals surface area contributed by atoms with Crippen molar-refractivity contribution in [1.82, 2.24) is 14.9 Å². The molecule has 4 rings (SSSR count). The monoisotopic (exact) mass is 432 g/mol. The number of benzene rings is 2. The number of amides is 1. The van der Waals surface area contributed by atoms with Gasteiger partial charge in [0.05, 0.1) is 12.1 Å². The maximum absolute atomic E-state index is 13.4. The number of fused-ring (bicyclic) bond motifs is 1. The van der Waals surface area contributed by atoms with Gasteiger partial charge in [-0.25, -0.2) is 4.98 Å². The Kier molecular flexibility index (Phi) is 5.97. The van der Waals surface area contributed by atoms with E-state index in [-0.39, 0.29) is 11.5 Å². The van der Waals surface area contributed by atoms with Gasteiger partial charge in [-0.3, -0.25) is 14.5 Å². The molecule has 0 aliphatic heterocycles. The van der Waals surface area contributed by atoms with Crippen molar-refractivity contribution in [2.75, 3.05) is 12.4 Å². The molecule has 0 aliphatic rings. The second kappa shape index (κ2) is 8.83. The predicted octanol–water partition coefficient (Wildman–Crippen LogP) is 4.41. The molecule has 2 aromatic carbocycles. The molecule has 0 fully saturated rings. The molecule has 1 amide bonds. The maximum Gasteiger partial charge on any atom is 0.268 e. The van der Waals surface area contributed by atoms with Crippen molar-refractivity contribution in [2.24, 2.45) is 0 Å². The molecule has 2 aromatic heterocycles. The topological polar surface area (TPSA) is 78.1 Å². The largest absolute Gasteiger partial charge is 0.324 e. The van der Waals surface area contributed by atoms with Crippen molar-refractivity contribution >= 4 is 33.1 Å². The fourth-order valence-corrected chi connectivity index (χ4v) is 4.36. The van der Waals surface area contributed by atoms with Crippen LogP contribution in [0.15, 0.2) is 64.8 Å². The molecule has 7 heteroatoms. The van der Waals surface area contributed by atoms with Gasteiger partial charge in [0, 0.05) is 5.69 Å². The lowest BCUT2D eigenvalue weighted by atomic mass is 10.0. The number of nitrogens with zero attached hydrogens (tertiary/aromatic N) is 2. The third kappa shape index (κ3) is 4.57. The van der Waals surface area contributed by atoms with Gasteiger partial charge in [0.25, 0.3) is 5.56 Å². The van der Waals surface area contributed by atoms with E-state index >= 15 is 0 Å². The fraction of sp³-hybridized carbons (Fsp3) is 0.208. The van der Waals surface area contributed by atoms with E-state index in [9.17, 15) is 9.59 Å². The third-order valence-corrected chi connectivity index (χ3v) is 6.12. The molecular formula is C24H24N4O2S. The van der Waals surface area contributed by atoms with Gasteiger partial charge in [-0.2, -0.15) is 0 Å². The molecule has 2 N–H and O–H groups in total. The van der Waals surface area contributed by atoms with E-state index in [4.69, 9.17) is 0 Å². The van der Waals surface area contributed by atoms with Crippen molar-refractivity contribution in [1.29, 1.82) is 0 Å². The fourth-order valence-electron chi connectivity index (χ4n) is 3.64. The first kappa shape index (κ1) is 21.0. The number of hydrogen-bond donors (Lipinski definition) is 2. The lowest BCUT2D eigenvalue weighted by Crippen LogP contribution is -2.35. The minimum absolute atomic E-state index is 0.138. The molecule has 6 nitrogen and oxygen atoms in total. The highest BCUT2D eigenvalue weighted by Crippen LogP contribution is 2.25. The van der Waals surface area contributed by atoms with Gasteiger partial charge < -0.3 is 10.3 Å². The summed E-state index contributed by atoms with van der Waals surface area (Å²) in [5.41, 5.74) is 4.27. The van der Waals surface area contributed by atoms with Crippen LogP contribution in [-0.4, -0.2) is 27.8 Å². The van der Waals surface area contributed by atoms with Crippen LogP contribution in [0.25, 0.3) is 10.2 Å². The lowest BCUT2D eigenvalue weighted by Gasteiger charge is -2.27. The van der Waals surface area contributed by atoms with Gasteiger partial charge in [0.1, 0.15) is 16.6 Å². The summed E-state index contributed by atoms with van der Waals surface area (Å²) in [5, 5.41) is 4.93. The number of anilines is 1. The van der Waals surface area contributed by atoms with E-state index in [0.29, 0.717) is 22.6 Å². The number of rotatable bonds is 6. The number of aryl methyl sites for hydroxylation is 2. The summed E-state index contributed by atoms with van der Waals surface area (Å²) in [4.78, 5) is 35.1. The highest BCUT2D eigenvalue weighted by Gasteiger charge is 2.26. The Balaban J connectivity index is 1.64. The molecule has 4 aromatic rings. The van der Waals surface area contributed by atoms with Crippen LogP contribution in [0.2, 0.25) is 0 Å². The van der Waals surface area contributed by atoms with Crippen LogP contribution >= 0.6 is 11.3 Å². The maximum atomic E-state index is 13.4. The SMILES string of the molecule is Cc1ccc(C)c(NC(=O)C(c2ccccc2)N(C)Cc2nc3ccsc3c(=O)[nH]2)c1. The van der Waals surface area contributed by atoms with Crippen LogP contribution in [-0.2, 0) is 11.3 Å². The lowest BCUT2D eigenvalue weighted by molar-refractivity contribution is -0.121. The summed E-state index contributed by atoms with van der Waals surface area (Å²) in [5.74, 6) is 0.389. The van der Waals surface area contributed by atoms with E-state index in [1.54, 1.807) is 0 Å². The second-order valence-corrected chi connectivity index (χ2v) is 8.60. The Labute approximate surface area is 184 Å². The molecule has 0 saturated carbocycles. The van der Waals surface area contributed by atoms with Crippen LogP contribution in [0, 0.1) is 13.8 Å². The molecule has 0 saturated heterocycles. The van der Waals surface area contributed by atoms with Gasteiger partial charge in [0.2, 0.25) is 5.91 Å². The van der Waals surface area contributed by atoms with E-state index in [0.717, 1.165) is 22.4 Å². The van der Waals surface area contributed by atoms with Gasteiger partial charge in [0.15, 0.2) is 0 Å². The van der Waals surface area contributed by atoms with Crippen molar-refractivity contribution < 1.29 is 4.79 Å². The first-order chi connectivity index (χ1) is 14.9. The van der Waals surface area contributed by atoms with Gasteiger partial charge in [-0.1, -0.05) is 42.5 Å². The van der Waals surface area contributed by atoms with Crippen LogP contribution in [0.1, 0.15) is 28.6 Å². The minimum Gasteiger partial charge on any atom is -0.324 e. The normalized spacial score (nSPS) is 12.3. The molecule has 1 unspecified atom stereocenters. The molecule has 0 bridgehead atoms. The number of carbonyl (C=O) groups is 1. The summed E-state index contributed by atoms with van der Waals surface area (Å²) in [6.07, 6.45) is 0. The minimum atomic E-state index is -0.551. The van der Waals surface area contributed by atoms with Gasteiger partial charge in [-0.05, 0) is 55.1 Å². The van der Waals surface area contributed by atoms with Crippen LogP contribution in [0.3, 0.4) is 0 Å². The van der Waals surface area contributed by atoms with Crippen LogP contribution < -0.4 is 10.9 Å². The molecule has 31 heavy (non-hydrogen) atoms. The van der Waals surface area contributed by atoms with Crippen molar-refractivity contribution in [3.63, 3.8) is 0 Å². The molecule has 0 radical (unpaired) electrons. The molecule has 2 heterocycles. The molecular weight excluding hydrogens is 408 g/mol. The summed E-state index contributed by atoms with van der Waals surface area (Å²) < 4.78 is 0.610. The standard InChI is InChI=1S/C24H24N4O2S/c1-15-9-10-16(2)19(13-15)26-23(29)21(17-7-5-4-6-8-17)28(3)14-20-25-18-11-12-31-22(18)24(30)27-20/h4-13,21H,14H2,1-3H3,(H,26,29)(H,25,27,30). The number of carbonyl (C=O) groups excluding carboxylic acids is 1. The first-order valence-corrected chi connectivity index (χ1v) is 10.9. The number of nitrogens with one attached hydrogen (secondary N) is 2. The van der Waals surface area contributed by atoms with E-state index < -0.39 is 6.04 Å². The first-order valence-electron chi connectivity index (χ1n) is 10.0. The van der Waals surface area contributed by atoms with Crippen LogP contribution in [0.5, 0.6) is 0 Å². The van der Waals surface area contributed by atoms with Crippen LogP contribution in [0.4, 0.5) is 5.69 Å². The van der Waals surface area contributed by atoms with E-state index in [1.807, 2.05) is 85.8 Å². The molecule has 0 aliphatic carbocycles.